The van der Waals surface area contributed by atoms with Crippen LogP contribution in [0.15, 0.2) is 18.3 Å². The quantitative estimate of drug-likeness (QED) is 0.885. The van der Waals surface area contributed by atoms with Gasteiger partial charge in [-0.3, -0.25) is 0 Å². The van der Waals surface area contributed by atoms with Crippen LogP contribution in [0.3, 0.4) is 0 Å². The minimum absolute atomic E-state index is 0.178. The Kier molecular flexibility index (Phi) is 5.02. The molecule has 4 nitrogen and oxygen atoms in total. The van der Waals surface area contributed by atoms with Gasteiger partial charge in [0, 0.05) is 25.3 Å². The van der Waals surface area contributed by atoms with Gasteiger partial charge in [-0.25, -0.2) is 4.98 Å². The van der Waals surface area contributed by atoms with Gasteiger partial charge in [0.1, 0.15) is 0 Å². The maximum absolute atomic E-state index is 5.87. The lowest BCUT2D eigenvalue weighted by molar-refractivity contribution is 0.241. The molecule has 1 atom stereocenters. The van der Waals surface area contributed by atoms with Crippen molar-refractivity contribution >= 4 is 5.82 Å². The summed E-state index contributed by atoms with van der Waals surface area (Å²) in [4.78, 5) is 6.86. The Morgan fingerprint density at radius 1 is 1.53 bits per heavy atom. The summed E-state index contributed by atoms with van der Waals surface area (Å²) in [7, 11) is 0. The normalized spacial score (nSPS) is 19.8. The first-order chi connectivity index (χ1) is 9.20. The minimum atomic E-state index is 0.178. The van der Waals surface area contributed by atoms with E-state index in [-0.39, 0.29) is 6.10 Å². The Labute approximate surface area is 116 Å². The summed E-state index contributed by atoms with van der Waals surface area (Å²) in [6.45, 7) is 9.36. The number of likely N-dealkylation sites (N-methyl/N-ethyl adjacent to an activating group) is 1. The molecule has 1 saturated heterocycles. The van der Waals surface area contributed by atoms with Gasteiger partial charge in [-0.2, -0.15) is 0 Å². The van der Waals surface area contributed by atoms with Crippen LogP contribution < -0.4 is 15.0 Å². The summed E-state index contributed by atoms with van der Waals surface area (Å²) in [5, 5.41) is 3.53. The Hall–Kier alpha value is -1.29. The predicted molar refractivity (Wildman–Crippen MR) is 78.9 cm³/mol. The van der Waals surface area contributed by atoms with E-state index in [1.807, 2.05) is 18.3 Å². The fraction of sp³-hybridized carbons (Fsp3) is 0.667. The van der Waals surface area contributed by atoms with Crippen LogP contribution in [0.2, 0.25) is 0 Å². The van der Waals surface area contributed by atoms with Crippen molar-refractivity contribution in [3.63, 3.8) is 0 Å². The Bertz CT molecular complexity index is 393. The second kappa shape index (κ2) is 6.75. The van der Waals surface area contributed by atoms with Crippen molar-refractivity contribution < 1.29 is 4.74 Å². The van der Waals surface area contributed by atoms with Crippen LogP contribution >= 0.6 is 0 Å². The van der Waals surface area contributed by atoms with Crippen molar-refractivity contribution in [3.8, 4) is 5.75 Å². The Balaban J connectivity index is 2.11. The Morgan fingerprint density at radius 3 is 3.11 bits per heavy atom. The van der Waals surface area contributed by atoms with Crippen LogP contribution in [-0.4, -0.2) is 36.8 Å². The van der Waals surface area contributed by atoms with E-state index < -0.39 is 0 Å². The molecule has 0 amide bonds. The van der Waals surface area contributed by atoms with Gasteiger partial charge in [-0.05, 0) is 45.4 Å². The molecule has 1 aliphatic heterocycles. The van der Waals surface area contributed by atoms with Crippen LogP contribution in [0.1, 0.15) is 33.6 Å². The van der Waals surface area contributed by atoms with Gasteiger partial charge >= 0.3 is 0 Å². The van der Waals surface area contributed by atoms with E-state index in [2.05, 4.69) is 36.0 Å². The highest BCUT2D eigenvalue weighted by Crippen LogP contribution is 2.28. The van der Waals surface area contributed by atoms with Crippen molar-refractivity contribution in [2.24, 2.45) is 0 Å². The van der Waals surface area contributed by atoms with Gasteiger partial charge in [0.25, 0.3) is 0 Å². The number of pyridine rings is 1. The lowest BCUT2D eigenvalue weighted by atomic mass is 10.1. The van der Waals surface area contributed by atoms with Crippen LogP contribution in [0.4, 0.5) is 5.82 Å². The summed E-state index contributed by atoms with van der Waals surface area (Å²) in [5.41, 5.74) is 0. The average Bonchev–Trinajstić information content (AvgIpc) is 2.39. The first-order valence-electron chi connectivity index (χ1n) is 7.30. The second-order valence-corrected chi connectivity index (χ2v) is 5.33. The molecule has 0 radical (unpaired) electrons. The highest BCUT2D eigenvalue weighted by atomic mass is 16.5. The van der Waals surface area contributed by atoms with E-state index in [1.165, 1.54) is 12.8 Å². The SMILES string of the molecule is CCNC1CCCN(c2ncccc2OC(C)C)C1. The number of aromatic nitrogens is 1. The second-order valence-electron chi connectivity index (χ2n) is 5.33. The Morgan fingerprint density at radius 2 is 2.37 bits per heavy atom. The number of anilines is 1. The van der Waals surface area contributed by atoms with Crippen LogP contribution in [0.5, 0.6) is 5.75 Å². The molecule has 0 bridgehead atoms. The molecule has 1 N–H and O–H groups in total. The predicted octanol–water partition coefficient (Wildman–Crippen LogP) is 2.45. The molecule has 0 spiro atoms. The number of hydrogen-bond donors (Lipinski definition) is 1. The maximum Gasteiger partial charge on any atom is 0.171 e. The highest BCUT2D eigenvalue weighted by Gasteiger charge is 2.22. The van der Waals surface area contributed by atoms with Gasteiger partial charge in [0.05, 0.1) is 6.10 Å². The monoisotopic (exact) mass is 263 g/mol. The zero-order chi connectivity index (χ0) is 13.7. The molecule has 0 saturated carbocycles. The van der Waals surface area contributed by atoms with Crippen LogP contribution in [-0.2, 0) is 0 Å². The molecular weight excluding hydrogens is 238 g/mol. The molecule has 0 aromatic carbocycles. The molecule has 2 heterocycles. The lowest BCUT2D eigenvalue weighted by Gasteiger charge is -2.34. The van der Waals surface area contributed by atoms with Gasteiger partial charge in [-0.1, -0.05) is 6.92 Å². The number of piperidine rings is 1. The summed E-state index contributed by atoms with van der Waals surface area (Å²) in [6.07, 6.45) is 4.48. The van der Waals surface area contributed by atoms with Crippen LogP contribution in [0, 0.1) is 0 Å². The molecule has 1 aromatic heterocycles. The fourth-order valence-corrected chi connectivity index (χ4v) is 2.59. The van der Waals surface area contributed by atoms with E-state index >= 15 is 0 Å². The van der Waals surface area contributed by atoms with Crippen LogP contribution in [0.25, 0.3) is 0 Å². The van der Waals surface area contributed by atoms with Crippen molar-refractivity contribution in [2.45, 2.75) is 45.8 Å². The third-order valence-electron chi connectivity index (χ3n) is 3.33. The zero-order valence-electron chi connectivity index (χ0n) is 12.2. The lowest BCUT2D eigenvalue weighted by Crippen LogP contribution is -2.46. The van der Waals surface area contributed by atoms with Gasteiger partial charge in [-0.15, -0.1) is 0 Å². The molecule has 1 unspecified atom stereocenters. The molecule has 1 fully saturated rings. The molecule has 19 heavy (non-hydrogen) atoms. The van der Waals surface area contributed by atoms with E-state index in [1.54, 1.807) is 0 Å². The largest absolute Gasteiger partial charge is 0.487 e. The summed E-state index contributed by atoms with van der Waals surface area (Å²) in [5.74, 6) is 1.88. The van der Waals surface area contributed by atoms with Crippen molar-refractivity contribution in [2.75, 3.05) is 24.5 Å². The molecule has 0 aliphatic carbocycles. The highest BCUT2D eigenvalue weighted by molar-refractivity contribution is 5.52. The van der Waals surface area contributed by atoms with Crippen molar-refractivity contribution in [1.82, 2.24) is 10.3 Å². The third-order valence-corrected chi connectivity index (χ3v) is 3.33. The molecule has 106 valence electrons. The maximum atomic E-state index is 5.87. The molecule has 4 heteroatoms. The number of nitrogens with one attached hydrogen (secondary N) is 1. The smallest absolute Gasteiger partial charge is 0.171 e. The summed E-state index contributed by atoms with van der Waals surface area (Å²) >= 11 is 0. The number of nitrogens with zero attached hydrogens (tertiary/aromatic N) is 2. The topological polar surface area (TPSA) is 37.4 Å². The van der Waals surface area contributed by atoms with Gasteiger partial charge in [0.15, 0.2) is 11.6 Å². The first-order valence-corrected chi connectivity index (χ1v) is 7.30. The molecule has 1 aromatic rings. The average molecular weight is 263 g/mol. The molecule has 1 aliphatic rings. The van der Waals surface area contributed by atoms with Gasteiger partial charge in [0.2, 0.25) is 0 Å². The molecular formula is C15H25N3O. The zero-order valence-corrected chi connectivity index (χ0v) is 12.2. The van der Waals surface area contributed by atoms with E-state index in [9.17, 15) is 0 Å². The summed E-state index contributed by atoms with van der Waals surface area (Å²) in [6, 6.07) is 4.51. The molecule has 2 rings (SSSR count). The number of rotatable bonds is 5. The van der Waals surface area contributed by atoms with E-state index in [0.717, 1.165) is 31.2 Å². The standard InChI is InChI=1S/C15H25N3O/c1-4-16-13-7-6-10-18(11-13)15-14(19-12(2)3)8-5-9-17-15/h5,8-9,12-13,16H,4,6-7,10-11H2,1-3H3. The third kappa shape index (κ3) is 3.83. The minimum Gasteiger partial charge on any atom is -0.487 e. The fourth-order valence-electron chi connectivity index (χ4n) is 2.59. The number of ether oxygens (including phenoxy) is 1. The van der Waals surface area contributed by atoms with Crippen molar-refractivity contribution in [1.29, 1.82) is 0 Å². The van der Waals surface area contributed by atoms with Crippen molar-refractivity contribution in [3.05, 3.63) is 18.3 Å². The van der Waals surface area contributed by atoms with E-state index in [0.29, 0.717) is 6.04 Å². The summed E-state index contributed by atoms with van der Waals surface area (Å²) < 4.78 is 5.87. The number of hydrogen-bond acceptors (Lipinski definition) is 4. The van der Waals surface area contributed by atoms with E-state index in [4.69, 9.17) is 4.74 Å². The first kappa shape index (κ1) is 14.1. The van der Waals surface area contributed by atoms with Gasteiger partial charge < -0.3 is 15.0 Å².